The van der Waals surface area contributed by atoms with Gasteiger partial charge in [0.05, 0.1) is 19.8 Å². The molecular weight excluding hydrogens is 382 g/mol. The van der Waals surface area contributed by atoms with Crippen molar-refractivity contribution >= 4 is 6.09 Å². The van der Waals surface area contributed by atoms with Crippen molar-refractivity contribution in [3.05, 3.63) is 54.1 Å². The third-order valence-corrected chi connectivity index (χ3v) is 4.85. The van der Waals surface area contributed by atoms with E-state index >= 15 is 0 Å². The molecule has 3 rings (SSSR count). The molecule has 1 saturated heterocycles. The first-order valence-corrected chi connectivity index (χ1v) is 10.1. The largest absolute Gasteiger partial charge is 0.497 e. The van der Waals surface area contributed by atoms with Crippen LogP contribution in [0.3, 0.4) is 0 Å². The third-order valence-electron chi connectivity index (χ3n) is 4.85. The number of benzene rings is 2. The topological polar surface area (TPSA) is 57.2 Å². The Morgan fingerprint density at radius 3 is 2.10 bits per heavy atom. The molecule has 30 heavy (non-hydrogen) atoms. The molecular formula is C24H31NO5. The van der Waals surface area contributed by atoms with Crippen molar-refractivity contribution in [3.63, 3.8) is 0 Å². The van der Waals surface area contributed by atoms with Gasteiger partial charge in [-0.05, 0) is 83.0 Å². The number of methoxy groups -OCH3 is 1. The number of rotatable bonds is 5. The molecule has 0 N–H and O–H groups in total. The Hall–Kier alpha value is -2.73. The van der Waals surface area contributed by atoms with Crippen LogP contribution in [0.15, 0.2) is 48.5 Å². The van der Waals surface area contributed by atoms with Crippen LogP contribution in [0.5, 0.6) is 17.2 Å². The van der Waals surface area contributed by atoms with Crippen molar-refractivity contribution in [1.82, 2.24) is 4.90 Å². The van der Waals surface area contributed by atoms with Crippen LogP contribution in [0, 0.1) is 0 Å². The molecule has 0 unspecified atom stereocenters. The highest BCUT2D eigenvalue weighted by Crippen LogP contribution is 2.31. The van der Waals surface area contributed by atoms with E-state index < -0.39 is 11.3 Å². The molecule has 1 atom stereocenters. The minimum absolute atomic E-state index is 0.0943. The Morgan fingerprint density at radius 2 is 1.57 bits per heavy atom. The average Bonchev–Trinajstić information content (AvgIpc) is 2.96. The molecule has 1 amide bonds. The van der Waals surface area contributed by atoms with Crippen molar-refractivity contribution < 1.29 is 23.7 Å². The summed E-state index contributed by atoms with van der Waals surface area (Å²) in [5, 5.41) is 0. The third kappa shape index (κ3) is 5.45. The SMILES string of the molecule is COc1ccc(Oc2ccc(C[C@H]3COC(C)(C)N3C(=O)OC(C)(C)C)cc2)cc1. The number of amides is 1. The molecule has 1 fully saturated rings. The second kappa shape index (κ2) is 8.56. The number of hydrogen-bond donors (Lipinski definition) is 0. The van der Waals surface area contributed by atoms with Gasteiger partial charge < -0.3 is 18.9 Å². The van der Waals surface area contributed by atoms with Crippen LogP contribution in [0.25, 0.3) is 0 Å². The van der Waals surface area contributed by atoms with Crippen LogP contribution in [0.1, 0.15) is 40.2 Å². The lowest BCUT2D eigenvalue weighted by atomic mass is 10.0. The van der Waals surface area contributed by atoms with Gasteiger partial charge in [-0.2, -0.15) is 0 Å². The van der Waals surface area contributed by atoms with E-state index in [2.05, 4.69) is 0 Å². The monoisotopic (exact) mass is 413 g/mol. The number of hydrogen-bond acceptors (Lipinski definition) is 5. The second-order valence-electron chi connectivity index (χ2n) is 8.89. The van der Waals surface area contributed by atoms with Crippen molar-refractivity contribution in [3.8, 4) is 17.2 Å². The lowest BCUT2D eigenvalue weighted by molar-refractivity contribution is -0.0624. The van der Waals surface area contributed by atoms with E-state index in [0.29, 0.717) is 13.0 Å². The Morgan fingerprint density at radius 1 is 1.03 bits per heavy atom. The zero-order chi connectivity index (χ0) is 21.9. The first-order chi connectivity index (χ1) is 14.1. The molecule has 6 heteroatoms. The quantitative estimate of drug-likeness (QED) is 0.657. The van der Waals surface area contributed by atoms with Crippen molar-refractivity contribution in [2.45, 2.75) is 58.4 Å². The smallest absolute Gasteiger partial charge is 0.412 e. The van der Waals surface area contributed by atoms with E-state index in [9.17, 15) is 4.79 Å². The first kappa shape index (κ1) is 22.0. The summed E-state index contributed by atoms with van der Waals surface area (Å²) >= 11 is 0. The zero-order valence-electron chi connectivity index (χ0n) is 18.6. The molecule has 2 aromatic rings. The summed E-state index contributed by atoms with van der Waals surface area (Å²) in [7, 11) is 1.63. The molecule has 162 valence electrons. The van der Waals surface area contributed by atoms with Gasteiger partial charge in [-0.25, -0.2) is 4.79 Å². The van der Waals surface area contributed by atoms with Gasteiger partial charge in [-0.3, -0.25) is 4.90 Å². The molecule has 1 aliphatic rings. The normalized spacial score (nSPS) is 18.2. The predicted octanol–water partition coefficient (Wildman–Crippen LogP) is 5.40. The molecule has 0 aliphatic carbocycles. The number of carbonyl (C=O) groups excluding carboxylic acids is 1. The molecule has 0 radical (unpaired) electrons. The fourth-order valence-corrected chi connectivity index (χ4v) is 3.46. The van der Waals surface area contributed by atoms with Crippen LogP contribution in [0.2, 0.25) is 0 Å². The van der Waals surface area contributed by atoms with Crippen molar-refractivity contribution in [1.29, 1.82) is 0 Å². The number of nitrogens with zero attached hydrogens (tertiary/aromatic N) is 1. The lowest BCUT2D eigenvalue weighted by Gasteiger charge is -2.35. The van der Waals surface area contributed by atoms with E-state index in [1.54, 1.807) is 12.0 Å². The van der Waals surface area contributed by atoms with Gasteiger partial charge in [0.2, 0.25) is 0 Å². The van der Waals surface area contributed by atoms with Crippen molar-refractivity contribution in [2.75, 3.05) is 13.7 Å². The molecule has 2 aromatic carbocycles. The maximum absolute atomic E-state index is 12.8. The summed E-state index contributed by atoms with van der Waals surface area (Å²) in [5.74, 6) is 2.27. The predicted molar refractivity (Wildman–Crippen MR) is 115 cm³/mol. The highest BCUT2D eigenvalue weighted by atomic mass is 16.6. The van der Waals surface area contributed by atoms with Gasteiger partial charge in [0.15, 0.2) is 0 Å². The van der Waals surface area contributed by atoms with Gasteiger partial charge in [-0.1, -0.05) is 12.1 Å². The first-order valence-electron chi connectivity index (χ1n) is 10.1. The van der Waals surface area contributed by atoms with Crippen LogP contribution < -0.4 is 9.47 Å². The Bertz CT molecular complexity index is 853. The Balaban J connectivity index is 1.66. The fourth-order valence-electron chi connectivity index (χ4n) is 3.46. The molecule has 0 saturated carbocycles. The molecule has 1 aliphatic heterocycles. The summed E-state index contributed by atoms with van der Waals surface area (Å²) in [5.41, 5.74) is -0.164. The summed E-state index contributed by atoms with van der Waals surface area (Å²) in [6, 6.07) is 15.2. The minimum atomic E-state index is -0.704. The molecule has 0 bridgehead atoms. The summed E-state index contributed by atoms with van der Waals surface area (Å²) in [4.78, 5) is 14.5. The van der Waals surface area contributed by atoms with Crippen LogP contribution in [-0.4, -0.2) is 42.1 Å². The summed E-state index contributed by atoms with van der Waals surface area (Å²) in [6.07, 6.45) is 0.320. The molecule has 1 heterocycles. The van der Waals surface area contributed by atoms with E-state index in [4.69, 9.17) is 18.9 Å². The zero-order valence-corrected chi connectivity index (χ0v) is 18.6. The summed E-state index contributed by atoms with van der Waals surface area (Å²) in [6.45, 7) is 9.85. The molecule has 0 aromatic heterocycles. The summed E-state index contributed by atoms with van der Waals surface area (Å²) < 4.78 is 22.5. The maximum Gasteiger partial charge on any atom is 0.412 e. The molecule has 6 nitrogen and oxygen atoms in total. The number of ether oxygens (including phenoxy) is 4. The van der Waals surface area contributed by atoms with Gasteiger partial charge >= 0.3 is 6.09 Å². The Kier molecular flexibility index (Phi) is 6.27. The average molecular weight is 414 g/mol. The van der Waals surface area contributed by atoms with Crippen molar-refractivity contribution in [2.24, 2.45) is 0 Å². The maximum atomic E-state index is 12.8. The van der Waals surface area contributed by atoms with Gasteiger partial charge in [-0.15, -0.1) is 0 Å². The Labute approximate surface area is 178 Å². The molecule has 0 spiro atoms. The van der Waals surface area contributed by atoms with E-state index in [-0.39, 0.29) is 12.1 Å². The minimum Gasteiger partial charge on any atom is -0.497 e. The number of carbonyl (C=O) groups is 1. The standard InChI is InChI=1S/C24H31NO5/c1-23(2,3)30-22(26)25-18(16-28-24(25,4)5)15-17-7-9-20(10-8-17)29-21-13-11-19(27-6)12-14-21/h7-14,18H,15-16H2,1-6H3/t18-/m0/s1. The second-order valence-corrected chi connectivity index (χ2v) is 8.89. The highest BCUT2D eigenvalue weighted by Gasteiger charge is 2.45. The van der Waals surface area contributed by atoms with Gasteiger partial charge in [0.1, 0.15) is 28.6 Å². The lowest BCUT2D eigenvalue weighted by Crippen LogP contribution is -2.50. The van der Waals surface area contributed by atoms with Gasteiger partial charge in [0.25, 0.3) is 0 Å². The van der Waals surface area contributed by atoms with E-state index in [1.165, 1.54) is 0 Å². The van der Waals surface area contributed by atoms with Gasteiger partial charge in [0, 0.05) is 0 Å². The van der Waals surface area contributed by atoms with Crippen LogP contribution in [0.4, 0.5) is 4.79 Å². The fraction of sp³-hybridized carbons (Fsp3) is 0.458. The van der Waals surface area contributed by atoms with E-state index in [1.807, 2.05) is 83.1 Å². The van der Waals surface area contributed by atoms with Crippen LogP contribution in [-0.2, 0) is 15.9 Å². The van der Waals surface area contributed by atoms with Crippen LogP contribution >= 0.6 is 0 Å². The van der Waals surface area contributed by atoms with E-state index in [0.717, 1.165) is 22.8 Å². The highest BCUT2D eigenvalue weighted by molar-refractivity contribution is 5.69.